The lowest BCUT2D eigenvalue weighted by atomic mass is 10.2. The van der Waals surface area contributed by atoms with Crippen LogP contribution < -0.4 is 9.47 Å². The van der Waals surface area contributed by atoms with Gasteiger partial charge in [-0.1, -0.05) is 6.07 Å². The fraction of sp³-hybridized carbons (Fsp3) is 0.579. The zero-order valence-corrected chi connectivity index (χ0v) is 15.9. The summed E-state index contributed by atoms with van der Waals surface area (Å²) >= 11 is 0. The van der Waals surface area contributed by atoms with Crippen molar-refractivity contribution in [1.82, 2.24) is 4.90 Å². The number of aryl methyl sites for hydroxylation is 1. The summed E-state index contributed by atoms with van der Waals surface area (Å²) in [7, 11) is 0. The number of nitrogens with zero attached hydrogens (tertiary/aromatic N) is 1. The molecule has 0 radical (unpaired) electrons. The number of carboxylic acids is 1. The first-order valence-corrected chi connectivity index (χ1v) is 8.73. The topological polar surface area (TPSA) is 85.3 Å². The van der Waals surface area contributed by atoms with Crippen LogP contribution >= 0.6 is 0 Å². The molecule has 1 amide bonds. The average Bonchev–Trinajstić information content (AvgIpc) is 2.93. The number of likely N-dealkylation sites (tertiary alicyclic amines) is 1. The molecule has 7 nitrogen and oxygen atoms in total. The lowest BCUT2D eigenvalue weighted by Gasteiger charge is -2.26. The van der Waals surface area contributed by atoms with Gasteiger partial charge in [0.05, 0.1) is 13.2 Å². The normalized spacial score (nSPS) is 20.0. The third-order valence-electron chi connectivity index (χ3n) is 3.87. The molecule has 0 bridgehead atoms. The van der Waals surface area contributed by atoms with Gasteiger partial charge < -0.3 is 19.3 Å². The molecule has 1 fully saturated rings. The van der Waals surface area contributed by atoms with E-state index in [4.69, 9.17) is 14.2 Å². The van der Waals surface area contributed by atoms with Crippen LogP contribution in [0.1, 0.15) is 39.7 Å². The Balaban J connectivity index is 2.15. The molecule has 1 aromatic rings. The van der Waals surface area contributed by atoms with Crippen LogP contribution in [0.15, 0.2) is 18.2 Å². The number of amides is 1. The molecule has 0 saturated carbocycles. The molecular formula is C19H27NO6. The number of carbonyl (C=O) groups is 2. The van der Waals surface area contributed by atoms with E-state index in [2.05, 4.69) is 0 Å². The Bertz CT molecular complexity index is 666. The molecule has 2 atom stereocenters. The zero-order valence-electron chi connectivity index (χ0n) is 15.9. The molecule has 0 unspecified atom stereocenters. The smallest absolute Gasteiger partial charge is 0.411 e. The molecule has 1 heterocycles. The van der Waals surface area contributed by atoms with Crippen molar-refractivity contribution in [2.24, 2.45) is 0 Å². The SMILES string of the molecule is CCOc1cc(C)ccc1O[C@H]1C[C@@H](C(=O)O)N(C(=O)OC(C)(C)C)C1. The van der Waals surface area contributed by atoms with Gasteiger partial charge in [0, 0.05) is 6.42 Å². The second-order valence-corrected chi connectivity index (χ2v) is 7.35. The van der Waals surface area contributed by atoms with E-state index < -0.39 is 29.8 Å². The summed E-state index contributed by atoms with van der Waals surface area (Å²) in [5, 5.41) is 9.46. The highest BCUT2D eigenvalue weighted by atomic mass is 16.6. The summed E-state index contributed by atoms with van der Waals surface area (Å²) in [6.45, 7) is 9.69. The van der Waals surface area contributed by atoms with E-state index in [0.717, 1.165) is 5.56 Å². The number of hydrogen-bond acceptors (Lipinski definition) is 5. The van der Waals surface area contributed by atoms with Crippen LogP contribution in [0.4, 0.5) is 4.79 Å². The minimum atomic E-state index is -1.07. The van der Waals surface area contributed by atoms with Crippen molar-refractivity contribution < 1.29 is 28.9 Å². The third kappa shape index (κ3) is 5.03. The van der Waals surface area contributed by atoms with Crippen molar-refractivity contribution in [1.29, 1.82) is 0 Å². The van der Waals surface area contributed by atoms with Gasteiger partial charge in [0.15, 0.2) is 11.5 Å². The summed E-state index contributed by atoms with van der Waals surface area (Å²) in [5.74, 6) is 0.0728. The van der Waals surface area contributed by atoms with Crippen molar-refractivity contribution >= 4 is 12.1 Å². The van der Waals surface area contributed by atoms with Gasteiger partial charge in [0.2, 0.25) is 0 Å². The maximum Gasteiger partial charge on any atom is 0.411 e. The Morgan fingerprint density at radius 3 is 2.54 bits per heavy atom. The molecule has 7 heteroatoms. The van der Waals surface area contributed by atoms with Crippen LogP contribution in [0.3, 0.4) is 0 Å². The third-order valence-corrected chi connectivity index (χ3v) is 3.87. The molecule has 1 aliphatic heterocycles. The van der Waals surface area contributed by atoms with Gasteiger partial charge in [-0.05, 0) is 52.3 Å². The fourth-order valence-corrected chi connectivity index (χ4v) is 2.80. The standard InChI is InChI=1S/C19H27NO6/c1-6-24-16-9-12(2)7-8-15(16)25-13-10-14(17(21)22)20(11-13)18(23)26-19(3,4)5/h7-9,13-14H,6,10-11H2,1-5H3,(H,21,22)/t13-,14-/m0/s1. The van der Waals surface area contributed by atoms with E-state index in [1.807, 2.05) is 26.0 Å². The molecule has 2 rings (SSSR count). The number of hydrogen-bond donors (Lipinski definition) is 1. The molecule has 0 spiro atoms. The van der Waals surface area contributed by atoms with E-state index in [-0.39, 0.29) is 13.0 Å². The number of carboxylic acid groups (broad SMARTS) is 1. The van der Waals surface area contributed by atoms with Crippen LogP contribution in [-0.4, -0.2) is 53.0 Å². The highest BCUT2D eigenvalue weighted by molar-refractivity contribution is 5.81. The Kier molecular flexibility index (Phi) is 6.00. The van der Waals surface area contributed by atoms with E-state index in [0.29, 0.717) is 18.1 Å². The summed E-state index contributed by atoms with van der Waals surface area (Å²) in [5.41, 5.74) is 0.337. The largest absolute Gasteiger partial charge is 0.490 e. The van der Waals surface area contributed by atoms with Crippen LogP contribution in [0.25, 0.3) is 0 Å². The second-order valence-electron chi connectivity index (χ2n) is 7.35. The molecular weight excluding hydrogens is 338 g/mol. The highest BCUT2D eigenvalue weighted by Crippen LogP contribution is 2.32. The zero-order chi connectivity index (χ0) is 19.5. The predicted octanol–water partition coefficient (Wildman–Crippen LogP) is 3.24. The monoisotopic (exact) mass is 365 g/mol. The molecule has 1 aromatic carbocycles. The Hall–Kier alpha value is -2.44. The summed E-state index contributed by atoms with van der Waals surface area (Å²) in [6, 6.07) is 4.59. The van der Waals surface area contributed by atoms with E-state index in [1.54, 1.807) is 26.8 Å². The van der Waals surface area contributed by atoms with Crippen molar-refractivity contribution in [2.45, 2.75) is 58.8 Å². The molecule has 144 valence electrons. The number of carbonyl (C=O) groups excluding carboxylic acids is 1. The molecule has 26 heavy (non-hydrogen) atoms. The molecule has 0 aliphatic carbocycles. The minimum absolute atomic E-state index is 0.144. The van der Waals surface area contributed by atoms with Crippen LogP contribution in [0.2, 0.25) is 0 Å². The van der Waals surface area contributed by atoms with Gasteiger partial charge in [0.1, 0.15) is 17.7 Å². The van der Waals surface area contributed by atoms with Crippen molar-refractivity contribution in [3.8, 4) is 11.5 Å². The van der Waals surface area contributed by atoms with Crippen molar-refractivity contribution in [3.63, 3.8) is 0 Å². The van der Waals surface area contributed by atoms with Crippen LogP contribution in [0.5, 0.6) is 11.5 Å². The van der Waals surface area contributed by atoms with Crippen LogP contribution in [-0.2, 0) is 9.53 Å². The fourth-order valence-electron chi connectivity index (χ4n) is 2.80. The maximum absolute atomic E-state index is 12.3. The van der Waals surface area contributed by atoms with Gasteiger partial charge in [-0.2, -0.15) is 0 Å². The summed E-state index contributed by atoms with van der Waals surface area (Å²) < 4.78 is 16.9. The number of benzene rings is 1. The molecule has 1 saturated heterocycles. The van der Waals surface area contributed by atoms with E-state index in [1.165, 1.54) is 4.90 Å². The minimum Gasteiger partial charge on any atom is -0.490 e. The van der Waals surface area contributed by atoms with Gasteiger partial charge in [-0.15, -0.1) is 0 Å². The van der Waals surface area contributed by atoms with Crippen molar-refractivity contribution in [2.75, 3.05) is 13.2 Å². The lowest BCUT2D eigenvalue weighted by molar-refractivity contribution is -0.142. The average molecular weight is 365 g/mol. The van der Waals surface area contributed by atoms with Gasteiger partial charge >= 0.3 is 12.1 Å². The first-order chi connectivity index (χ1) is 12.1. The van der Waals surface area contributed by atoms with E-state index >= 15 is 0 Å². The van der Waals surface area contributed by atoms with E-state index in [9.17, 15) is 14.7 Å². The second kappa shape index (κ2) is 7.85. The quantitative estimate of drug-likeness (QED) is 0.862. The lowest BCUT2D eigenvalue weighted by Crippen LogP contribution is -2.43. The Morgan fingerprint density at radius 2 is 1.96 bits per heavy atom. The predicted molar refractivity (Wildman–Crippen MR) is 95.7 cm³/mol. The molecule has 0 aromatic heterocycles. The number of ether oxygens (including phenoxy) is 3. The molecule has 1 N–H and O–H groups in total. The first kappa shape index (κ1) is 19.9. The van der Waals surface area contributed by atoms with Crippen LogP contribution in [0, 0.1) is 6.92 Å². The molecule has 1 aliphatic rings. The first-order valence-electron chi connectivity index (χ1n) is 8.73. The van der Waals surface area contributed by atoms with Gasteiger partial charge in [0.25, 0.3) is 0 Å². The summed E-state index contributed by atoms with van der Waals surface area (Å²) in [4.78, 5) is 25.1. The number of aliphatic carboxylic acids is 1. The van der Waals surface area contributed by atoms with Gasteiger partial charge in [-0.25, -0.2) is 9.59 Å². The highest BCUT2D eigenvalue weighted by Gasteiger charge is 2.42. The maximum atomic E-state index is 12.3. The Morgan fingerprint density at radius 1 is 1.27 bits per heavy atom. The van der Waals surface area contributed by atoms with Gasteiger partial charge in [-0.3, -0.25) is 4.90 Å². The van der Waals surface area contributed by atoms with Crippen molar-refractivity contribution in [3.05, 3.63) is 23.8 Å². The number of rotatable bonds is 5. The summed E-state index contributed by atoms with van der Waals surface area (Å²) in [6.07, 6.45) is -0.913. The Labute approximate surface area is 153 Å².